The second-order valence-electron chi connectivity index (χ2n) is 3.70. The molecule has 3 heterocycles. The summed E-state index contributed by atoms with van der Waals surface area (Å²) in [6.45, 7) is 0. The molecule has 0 saturated heterocycles. The largest absolute Gasteiger partial charge is 0.619 e. The van der Waals surface area contributed by atoms with Crippen LogP contribution in [0.1, 0.15) is 0 Å². The average molecular weight is 239 g/mol. The highest BCUT2D eigenvalue weighted by Crippen LogP contribution is 2.17. The first-order valence-electron chi connectivity index (χ1n) is 5.35. The summed E-state index contributed by atoms with van der Waals surface area (Å²) >= 11 is 0. The van der Waals surface area contributed by atoms with Crippen LogP contribution in [0, 0.1) is 5.21 Å². The summed E-state index contributed by atoms with van der Waals surface area (Å²) in [5, 5.41) is 18.1. The van der Waals surface area contributed by atoms with Gasteiger partial charge in [0, 0.05) is 24.0 Å². The second-order valence-corrected chi connectivity index (χ2v) is 3.70. The maximum atomic E-state index is 11.2. The van der Waals surface area contributed by atoms with Gasteiger partial charge in [-0.25, -0.2) is 4.98 Å². The number of aromatic nitrogens is 5. The summed E-state index contributed by atoms with van der Waals surface area (Å²) in [5.74, 6) is 1.14. The van der Waals surface area contributed by atoms with Gasteiger partial charge in [0.1, 0.15) is 0 Å². The lowest BCUT2D eigenvalue weighted by Gasteiger charge is -1.96. The molecule has 0 unspecified atom stereocenters. The fourth-order valence-corrected chi connectivity index (χ4v) is 1.62. The van der Waals surface area contributed by atoms with Crippen molar-refractivity contribution in [3.63, 3.8) is 0 Å². The molecular formula is C12H9N5O. The van der Waals surface area contributed by atoms with Gasteiger partial charge in [0.15, 0.2) is 24.0 Å². The monoisotopic (exact) mass is 239 g/mol. The molecule has 0 fully saturated rings. The van der Waals surface area contributed by atoms with Crippen LogP contribution < -0.4 is 4.73 Å². The molecule has 0 amide bonds. The van der Waals surface area contributed by atoms with E-state index in [9.17, 15) is 5.21 Å². The zero-order valence-corrected chi connectivity index (χ0v) is 9.32. The minimum atomic E-state index is 0.493. The Morgan fingerprint density at radius 1 is 1.11 bits per heavy atom. The molecule has 0 bridgehead atoms. The van der Waals surface area contributed by atoms with Crippen LogP contribution in [0.25, 0.3) is 22.8 Å². The first-order valence-corrected chi connectivity index (χ1v) is 5.35. The van der Waals surface area contributed by atoms with Gasteiger partial charge in [-0.1, -0.05) is 0 Å². The van der Waals surface area contributed by atoms with E-state index in [2.05, 4.69) is 20.2 Å². The van der Waals surface area contributed by atoms with E-state index in [1.165, 1.54) is 12.4 Å². The highest BCUT2D eigenvalue weighted by Gasteiger charge is 2.09. The molecule has 3 rings (SSSR count). The maximum Gasteiger partial charge on any atom is 0.191 e. The van der Waals surface area contributed by atoms with Crippen LogP contribution in [-0.4, -0.2) is 20.2 Å². The molecule has 0 aromatic carbocycles. The standard InChI is InChI=1S/C12H9N5O/c18-17-7-1-2-10(8-17)12-14-11(15-16-12)9-3-5-13-6-4-9/h1-8H,(H,14,15,16). The van der Waals surface area contributed by atoms with Crippen molar-refractivity contribution in [2.75, 3.05) is 0 Å². The highest BCUT2D eigenvalue weighted by atomic mass is 16.5. The number of nitrogens with one attached hydrogen (secondary N) is 1. The van der Waals surface area contributed by atoms with Gasteiger partial charge in [-0.2, -0.15) is 9.83 Å². The molecule has 0 atom stereocenters. The van der Waals surface area contributed by atoms with E-state index < -0.39 is 0 Å². The zero-order chi connectivity index (χ0) is 12.4. The van der Waals surface area contributed by atoms with Crippen LogP contribution in [0.15, 0.2) is 49.1 Å². The molecule has 0 aliphatic rings. The van der Waals surface area contributed by atoms with Crippen LogP contribution in [0.2, 0.25) is 0 Å². The summed E-state index contributed by atoms with van der Waals surface area (Å²) in [6, 6.07) is 7.12. The van der Waals surface area contributed by atoms with Crippen molar-refractivity contribution >= 4 is 0 Å². The lowest BCUT2D eigenvalue weighted by Crippen LogP contribution is -2.24. The molecule has 18 heavy (non-hydrogen) atoms. The third-order valence-electron chi connectivity index (χ3n) is 2.47. The van der Waals surface area contributed by atoms with E-state index >= 15 is 0 Å². The predicted octanol–water partition coefficient (Wildman–Crippen LogP) is 1.17. The molecule has 6 nitrogen and oxygen atoms in total. The molecule has 0 radical (unpaired) electrons. The van der Waals surface area contributed by atoms with Crippen LogP contribution in [0.5, 0.6) is 0 Å². The van der Waals surface area contributed by atoms with Crippen molar-refractivity contribution in [2.45, 2.75) is 0 Å². The number of pyridine rings is 2. The summed E-state index contributed by atoms with van der Waals surface area (Å²) in [5.41, 5.74) is 1.57. The van der Waals surface area contributed by atoms with Crippen molar-refractivity contribution in [1.82, 2.24) is 20.2 Å². The average Bonchev–Trinajstić information content (AvgIpc) is 2.89. The van der Waals surface area contributed by atoms with Gasteiger partial charge in [0.05, 0.1) is 5.56 Å². The highest BCUT2D eigenvalue weighted by molar-refractivity contribution is 5.59. The van der Waals surface area contributed by atoms with Gasteiger partial charge in [0.25, 0.3) is 0 Å². The number of nitrogens with zero attached hydrogens (tertiary/aromatic N) is 4. The lowest BCUT2D eigenvalue weighted by atomic mass is 10.2. The maximum absolute atomic E-state index is 11.2. The predicted molar refractivity (Wildman–Crippen MR) is 64.0 cm³/mol. The summed E-state index contributed by atoms with van der Waals surface area (Å²) in [6.07, 6.45) is 6.22. The van der Waals surface area contributed by atoms with Gasteiger partial charge >= 0.3 is 0 Å². The molecule has 0 aliphatic heterocycles. The Morgan fingerprint density at radius 2 is 1.94 bits per heavy atom. The van der Waals surface area contributed by atoms with Gasteiger partial charge in [-0.15, -0.1) is 0 Å². The molecule has 3 aromatic heterocycles. The third-order valence-corrected chi connectivity index (χ3v) is 2.47. The van der Waals surface area contributed by atoms with E-state index in [1.807, 2.05) is 12.1 Å². The lowest BCUT2D eigenvalue weighted by molar-refractivity contribution is -0.604. The zero-order valence-electron chi connectivity index (χ0n) is 9.32. The minimum Gasteiger partial charge on any atom is -0.619 e. The van der Waals surface area contributed by atoms with Crippen molar-refractivity contribution in [3.8, 4) is 22.8 Å². The van der Waals surface area contributed by atoms with Crippen LogP contribution in [-0.2, 0) is 0 Å². The first kappa shape index (κ1) is 10.4. The van der Waals surface area contributed by atoms with Crippen molar-refractivity contribution in [3.05, 3.63) is 54.3 Å². The molecule has 6 heteroatoms. The quantitative estimate of drug-likeness (QED) is 0.537. The van der Waals surface area contributed by atoms with Crippen LogP contribution in [0.3, 0.4) is 0 Å². The minimum absolute atomic E-state index is 0.493. The fraction of sp³-hybridized carbons (Fsp3) is 0. The molecule has 88 valence electrons. The van der Waals surface area contributed by atoms with Gasteiger partial charge in [-0.3, -0.25) is 10.1 Å². The first-order chi connectivity index (χ1) is 8.83. The Labute approximate surface area is 103 Å². The van der Waals surface area contributed by atoms with Crippen molar-refractivity contribution in [2.24, 2.45) is 0 Å². The topological polar surface area (TPSA) is 81.4 Å². The second kappa shape index (κ2) is 4.25. The van der Waals surface area contributed by atoms with E-state index in [4.69, 9.17) is 0 Å². The van der Waals surface area contributed by atoms with Crippen LogP contribution in [0.4, 0.5) is 0 Å². The Kier molecular flexibility index (Phi) is 2.45. The summed E-state index contributed by atoms with van der Waals surface area (Å²) < 4.78 is 0.720. The number of H-pyrrole nitrogens is 1. The Morgan fingerprint density at radius 3 is 2.72 bits per heavy atom. The van der Waals surface area contributed by atoms with Gasteiger partial charge in [0.2, 0.25) is 0 Å². The number of rotatable bonds is 2. The van der Waals surface area contributed by atoms with Crippen molar-refractivity contribution < 1.29 is 4.73 Å². The Hall–Kier alpha value is -2.76. The number of hydrogen-bond acceptors (Lipinski definition) is 4. The molecule has 0 saturated carbocycles. The van der Waals surface area contributed by atoms with Gasteiger partial charge in [-0.05, 0) is 18.2 Å². The Bertz CT molecular complexity index is 665. The number of aromatic amines is 1. The molecule has 0 spiro atoms. The van der Waals surface area contributed by atoms with E-state index in [-0.39, 0.29) is 0 Å². The SMILES string of the molecule is [O-][n+]1cccc(-c2n[nH]c(-c3ccncc3)n2)c1. The smallest absolute Gasteiger partial charge is 0.191 e. The van der Waals surface area contributed by atoms with Crippen LogP contribution >= 0.6 is 0 Å². The fourth-order valence-electron chi connectivity index (χ4n) is 1.62. The normalized spacial score (nSPS) is 10.4. The van der Waals surface area contributed by atoms with E-state index in [1.54, 1.807) is 24.5 Å². The molecule has 3 aromatic rings. The van der Waals surface area contributed by atoms with Gasteiger partial charge < -0.3 is 5.21 Å². The summed E-state index contributed by atoms with van der Waals surface area (Å²) in [7, 11) is 0. The molecule has 0 aliphatic carbocycles. The van der Waals surface area contributed by atoms with E-state index in [0.717, 1.165) is 10.3 Å². The van der Waals surface area contributed by atoms with E-state index in [0.29, 0.717) is 17.2 Å². The Balaban J connectivity index is 2.00. The van der Waals surface area contributed by atoms with Crippen molar-refractivity contribution in [1.29, 1.82) is 0 Å². The third kappa shape index (κ3) is 1.91. The number of hydrogen-bond donors (Lipinski definition) is 1. The molecule has 1 N–H and O–H groups in total. The molecular weight excluding hydrogens is 230 g/mol. The summed E-state index contributed by atoms with van der Waals surface area (Å²) in [4.78, 5) is 8.29.